The maximum atomic E-state index is 12.8. The second-order valence-corrected chi connectivity index (χ2v) is 7.94. The van der Waals surface area contributed by atoms with Crippen molar-refractivity contribution in [1.29, 1.82) is 0 Å². The topological polar surface area (TPSA) is 33.5 Å². The molecule has 1 aliphatic carbocycles. The van der Waals surface area contributed by atoms with E-state index in [1.54, 1.807) is 0 Å². The Morgan fingerprint density at radius 1 is 1.03 bits per heavy atom. The molecule has 2 aromatic carbocycles. The number of hydrogen-bond donors (Lipinski definition) is 2. The third-order valence-corrected chi connectivity index (χ3v) is 5.71. The molecule has 0 saturated heterocycles. The molecular formula is C23H28F3N2O+. The average Bonchev–Trinajstić information content (AvgIpc) is 2.73. The van der Waals surface area contributed by atoms with Gasteiger partial charge in [0.15, 0.2) is 0 Å². The van der Waals surface area contributed by atoms with Gasteiger partial charge in [0, 0.05) is 17.7 Å². The molecule has 2 N–H and O–H groups in total. The molecule has 0 spiro atoms. The summed E-state index contributed by atoms with van der Waals surface area (Å²) < 4.78 is 38.4. The van der Waals surface area contributed by atoms with Gasteiger partial charge in [0.1, 0.15) is 6.54 Å². The minimum atomic E-state index is -4.46. The quantitative estimate of drug-likeness (QED) is 0.749. The molecule has 6 heteroatoms. The Hall–Kier alpha value is -2.34. The zero-order chi connectivity index (χ0) is 20.9. The normalized spacial score (nSPS) is 16.4. The SMILES string of the molecule is C[NH+](Cc1ccc(CNC(=O)c2cccc(C(F)(F)F)c2)cc1)C1CCCCC1. The van der Waals surface area contributed by atoms with Gasteiger partial charge in [-0.1, -0.05) is 36.8 Å². The lowest BCUT2D eigenvalue weighted by Crippen LogP contribution is -3.11. The van der Waals surface area contributed by atoms with E-state index in [1.807, 2.05) is 12.1 Å². The first-order valence-electron chi connectivity index (χ1n) is 10.2. The van der Waals surface area contributed by atoms with Crippen LogP contribution in [0.15, 0.2) is 48.5 Å². The van der Waals surface area contributed by atoms with Crippen LogP contribution in [0, 0.1) is 0 Å². The predicted octanol–water partition coefficient (Wildman–Crippen LogP) is 3.98. The summed E-state index contributed by atoms with van der Waals surface area (Å²) in [6, 6.07) is 13.3. The fraction of sp³-hybridized carbons (Fsp3) is 0.435. The number of rotatable bonds is 6. The minimum Gasteiger partial charge on any atom is -0.348 e. The van der Waals surface area contributed by atoms with E-state index in [4.69, 9.17) is 0 Å². The van der Waals surface area contributed by atoms with E-state index < -0.39 is 17.6 Å². The smallest absolute Gasteiger partial charge is 0.348 e. The average molecular weight is 405 g/mol. The van der Waals surface area contributed by atoms with Crippen LogP contribution < -0.4 is 10.2 Å². The molecule has 2 aromatic rings. The van der Waals surface area contributed by atoms with E-state index >= 15 is 0 Å². The molecule has 0 aliphatic heterocycles. The number of amides is 1. The number of carbonyl (C=O) groups is 1. The highest BCUT2D eigenvalue weighted by atomic mass is 19.4. The van der Waals surface area contributed by atoms with Gasteiger partial charge < -0.3 is 10.2 Å². The first-order valence-corrected chi connectivity index (χ1v) is 10.2. The van der Waals surface area contributed by atoms with Gasteiger partial charge in [-0.25, -0.2) is 0 Å². The van der Waals surface area contributed by atoms with Crippen molar-refractivity contribution in [1.82, 2.24) is 5.32 Å². The fourth-order valence-electron chi connectivity index (χ4n) is 3.96. The number of benzene rings is 2. The Morgan fingerprint density at radius 2 is 1.69 bits per heavy atom. The van der Waals surface area contributed by atoms with Crippen LogP contribution in [0.25, 0.3) is 0 Å². The second kappa shape index (κ2) is 9.44. The molecular weight excluding hydrogens is 377 g/mol. The van der Waals surface area contributed by atoms with E-state index in [0.29, 0.717) is 0 Å². The van der Waals surface area contributed by atoms with Crippen LogP contribution in [0.3, 0.4) is 0 Å². The molecule has 3 nitrogen and oxygen atoms in total. The highest BCUT2D eigenvalue weighted by Crippen LogP contribution is 2.29. The molecule has 1 unspecified atom stereocenters. The lowest BCUT2D eigenvalue weighted by atomic mass is 9.94. The van der Waals surface area contributed by atoms with Gasteiger partial charge in [-0.15, -0.1) is 0 Å². The summed E-state index contributed by atoms with van der Waals surface area (Å²) in [5, 5.41) is 2.69. The van der Waals surface area contributed by atoms with Gasteiger partial charge in [-0.3, -0.25) is 4.79 Å². The first kappa shape index (κ1) is 21.4. The van der Waals surface area contributed by atoms with Crippen molar-refractivity contribution in [2.45, 2.75) is 57.4 Å². The number of hydrogen-bond acceptors (Lipinski definition) is 1. The van der Waals surface area contributed by atoms with Gasteiger partial charge in [-0.2, -0.15) is 13.2 Å². The van der Waals surface area contributed by atoms with Crippen molar-refractivity contribution >= 4 is 5.91 Å². The molecule has 1 saturated carbocycles. The highest BCUT2D eigenvalue weighted by Gasteiger charge is 2.30. The number of alkyl halides is 3. The summed E-state index contributed by atoms with van der Waals surface area (Å²) in [5.41, 5.74) is 1.36. The Balaban J connectivity index is 1.53. The molecule has 1 fully saturated rings. The Bertz CT molecular complexity index is 812. The van der Waals surface area contributed by atoms with Gasteiger partial charge in [-0.05, 0) is 49.4 Å². The van der Waals surface area contributed by atoms with Crippen LogP contribution in [0.4, 0.5) is 13.2 Å². The van der Waals surface area contributed by atoms with Crippen LogP contribution in [0.1, 0.15) is 59.2 Å². The standard InChI is InChI=1S/C23H27F3N2O/c1-28(21-8-3-2-4-9-21)16-18-12-10-17(11-13-18)15-27-22(29)19-6-5-7-20(14-19)23(24,25)26/h5-7,10-14,21H,2-4,8-9,15-16H2,1H3,(H,27,29)/p+1. The monoisotopic (exact) mass is 405 g/mol. The number of carbonyl (C=O) groups excluding carboxylic acids is 1. The largest absolute Gasteiger partial charge is 0.416 e. The summed E-state index contributed by atoms with van der Waals surface area (Å²) in [4.78, 5) is 13.7. The summed E-state index contributed by atoms with van der Waals surface area (Å²) in [6.45, 7) is 1.25. The van der Waals surface area contributed by atoms with Crippen LogP contribution in [-0.4, -0.2) is 19.0 Å². The Morgan fingerprint density at radius 3 is 2.34 bits per heavy atom. The zero-order valence-electron chi connectivity index (χ0n) is 16.7. The van der Waals surface area contributed by atoms with Crippen LogP contribution in [0.5, 0.6) is 0 Å². The van der Waals surface area contributed by atoms with Crippen LogP contribution >= 0.6 is 0 Å². The second-order valence-electron chi connectivity index (χ2n) is 7.94. The minimum absolute atomic E-state index is 0.00847. The third-order valence-electron chi connectivity index (χ3n) is 5.71. The van der Waals surface area contributed by atoms with Gasteiger partial charge >= 0.3 is 6.18 Å². The van der Waals surface area contributed by atoms with Gasteiger partial charge in [0.2, 0.25) is 0 Å². The molecule has 0 heterocycles. The van der Waals surface area contributed by atoms with E-state index in [-0.39, 0.29) is 12.1 Å². The lowest BCUT2D eigenvalue weighted by Gasteiger charge is -2.28. The van der Waals surface area contributed by atoms with E-state index in [2.05, 4.69) is 24.5 Å². The van der Waals surface area contributed by atoms with Crippen molar-refractivity contribution in [3.8, 4) is 0 Å². The molecule has 0 bridgehead atoms. The highest BCUT2D eigenvalue weighted by molar-refractivity contribution is 5.94. The molecule has 1 amide bonds. The van der Waals surface area contributed by atoms with Crippen LogP contribution in [-0.2, 0) is 19.3 Å². The molecule has 1 atom stereocenters. The summed E-state index contributed by atoms with van der Waals surface area (Å²) in [7, 11) is 2.25. The van der Waals surface area contributed by atoms with E-state index in [9.17, 15) is 18.0 Å². The summed E-state index contributed by atoms with van der Waals surface area (Å²) in [5.74, 6) is -0.512. The van der Waals surface area contributed by atoms with E-state index in [1.165, 1.54) is 54.7 Å². The molecule has 0 aromatic heterocycles. The number of nitrogens with one attached hydrogen (secondary N) is 2. The molecule has 156 valence electrons. The van der Waals surface area contributed by atoms with Crippen molar-refractivity contribution in [2.75, 3.05) is 7.05 Å². The summed E-state index contributed by atoms with van der Waals surface area (Å²) >= 11 is 0. The van der Waals surface area contributed by atoms with Crippen molar-refractivity contribution in [2.24, 2.45) is 0 Å². The molecule has 3 rings (SSSR count). The Labute approximate surface area is 169 Å². The van der Waals surface area contributed by atoms with Gasteiger partial charge in [0.05, 0.1) is 18.7 Å². The Kier molecular flexibility index (Phi) is 6.96. The first-order chi connectivity index (χ1) is 13.8. The van der Waals surface area contributed by atoms with E-state index in [0.717, 1.165) is 30.3 Å². The summed E-state index contributed by atoms with van der Waals surface area (Å²) in [6.07, 6.45) is 2.14. The molecule has 1 aliphatic rings. The number of quaternary nitrogens is 1. The van der Waals surface area contributed by atoms with Crippen molar-refractivity contribution in [3.05, 3.63) is 70.8 Å². The predicted molar refractivity (Wildman–Crippen MR) is 107 cm³/mol. The molecule has 29 heavy (non-hydrogen) atoms. The maximum Gasteiger partial charge on any atom is 0.416 e. The lowest BCUT2D eigenvalue weighted by molar-refractivity contribution is -0.921. The number of halogens is 3. The maximum absolute atomic E-state index is 12.8. The molecule has 0 radical (unpaired) electrons. The zero-order valence-corrected chi connectivity index (χ0v) is 16.7. The third kappa shape index (κ3) is 6.07. The fourth-order valence-corrected chi connectivity index (χ4v) is 3.96. The van der Waals surface area contributed by atoms with Crippen LogP contribution in [0.2, 0.25) is 0 Å². The van der Waals surface area contributed by atoms with Gasteiger partial charge in [0.25, 0.3) is 5.91 Å². The van der Waals surface area contributed by atoms with Crippen molar-refractivity contribution < 1.29 is 22.9 Å². The van der Waals surface area contributed by atoms with Crippen molar-refractivity contribution in [3.63, 3.8) is 0 Å².